The number of hydrogen-bond donors (Lipinski definition) is 0. The van der Waals surface area contributed by atoms with E-state index in [2.05, 4.69) is 5.92 Å². The van der Waals surface area contributed by atoms with E-state index in [4.69, 9.17) is 11.2 Å². The van der Waals surface area contributed by atoms with Crippen LogP contribution in [0.2, 0.25) is 0 Å². The fraction of sp³-hybridized carbons (Fsp3) is 0.571. The zero-order valence-electron chi connectivity index (χ0n) is 5.26. The Morgan fingerprint density at radius 1 is 1.89 bits per heavy atom. The fourth-order valence-corrected chi connectivity index (χ4v) is 0.874. The number of terminal acetylenes is 1. The van der Waals surface area contributed by atoms with E-state index in [0.717, 1.165) is 0 Å². The SMILES string of the molecule is C#C[C@H]1OC(=O)C[C@@H]1C. The minimum Gasteiger partial charge on any atom is -0.449 e. The van der Waals surface area contributed by atoms with Crippen molar-refractivity contribution >= 4 is 5.97 Å². The molecule has 9 heavy (non-hydrogen) atoms. The summed E-state index contributed by atoms with van der Waals surface area (Å²) in [5.41, 5.74) is 0. The van der Waals surface area contributed by atoms with E-state index >= 15 is 0 Å². The molecular weight excluding hydrogens is 116 g/mol. The van der Waals surface area contributed by atoms with Gasteiger partial charge in [0, 0.05) is 5.92 Å². The fourth-order valence-electron chi connectivity index (χ4n) is 0.874. The monoisotopic (exact) mass is 124 g/mol. The predicted molar refractivity (Wildman–Crippen MR) is 32.5 cm³/mol. The standard InChI is InChI=1S/C7H8O2/c1-3-6-5(2)4-7(8)9-6/h1,5-6H,4H2,2H3/t5-,6+/m0/s1. The van der Waals surface area contributed by atoms with Crippen LogP contribution in [0, 0.1) is 18.3 Å². The molecule has 48 valence electrons. The van der Waals surface area contributed by atoms with Crippen LogP contribution in [0.15, 0.2) is 0 Å². The molecule has 1 saturated heterocycles. The first-order valence-electron chi connectivity index (χ1n) is 2.89. The molecule has 0 bridgehead atoms. The number of esters is 1. The van der Waals surface area contributed by atoms with Crippen molar-refractivity contribution in [1.82, 2.24) is 0 Å². The molecule has 1 fully saturated rings. The molecule has 2 nitrogen and oxygen atoms in total. The van der Waals surface area contributed by atoms with Gasteiger partial charge in [-0.1, -0.05) is 12.8 Å². The molecule has 1 rings (SSSR count). The van der Waals surface area contributed by atoms with E-state index in [1.165, 1.54) is 0 Å². The highest BCUT2D eigenvalue weighted by Crippen LogP contribution is 2.19. The third-order valence-electron chi connectivity index (χ3n) is 1.43. The molecule has 1 aliphatic heterocycles. The first-order chi connectivity index (χ1) is 4.24. The van der Waals surface area contributed by atoms with Gasteiger partial charge in [-0.2, -0.15) is 0 Å². The van der Waals surface area contributed by atoms with Gasteiger partial charge in [0.2, 0.25) is 0 Å². The van der Waals surface area contributed by atoms with Crippen LogP contribution < -0.4 is 0 Å². The molecule has 1 aliphatic rings. The molecule has 2 heteroatoms. The smallest absolute Gasteiger partial charge is 0.307 e. The van der Waals surface area contributed by atoms with Crippen LogP contribution in [0.3, 0.4) is 0 Å². The highest BCUT2D eigenvalue weighted by Gasteiger charge is 2.29. The van der Waals surface area contributed by atoms with Gasteiger partial charge in [-0.3, -0.25) is 4.79 Å². The number of carbonyl (C=O) groups is 1. The number of ether oxygens (including phenoxy) is 1. The van der Waals surface area contributed by atoms with Crippen molar-refractivity contribution in [2.24, 2.45) is 5.92 Å². The Hall–Kier alpha value is -0.970. The number of rotatable bonds is 0. The van der Waals surface area contributed by atoms with Crippen LogP contribution in [0.25, 0.3) is 0 Å². The van der Waals surface area contributed by atoms with Crippen LogP contribution >= 0.6 is 0 Å². The minimum absolute atomic E-state index is 0.176. The minimum atomic E-state index is -0.280. The van der Waals surface area contributed by atoms with Crippen molar-refractivity contribution in [2.45, 2.75) is 19.4 Å². The normalized spacial score (nSPS) is 33.6. The van der Waals surface area contributed by atoms with Crippen molar-refractivity contribution in [2.75, 3.05) is 0 Å². The van der Waals surface area contributed by atoms with Crippen molar-refractivity contribution in [3.05, 3.63) is 0 Å². The van der Waals surface area contributed by atoms with Crippen molar-refractivity contribution < 1.29 is 9.53 Å². The molecule has 0 unspecified atom stereocenters. The Morgan fingerprint density at radius 3 is 2.78 bits per heavy atom. The van der Waals surface area contributed by atoms with E-state index in [1.807, 2.05) is 6.92 Å². The molecule has 0 aliphatic carbocycles. The average molecular weight is 124 g/mol. The average Bonchev–Trinajstić information content (AvgIpc) is 2.10. The van der Waals surface area contributed by atoms with Gasteiger partial charge >= 0.3 is 5.97 Å². The molecular formula is C7H8O2. The summed E-state index contributed by atoms with van der Waals surface area (Å²) in [5.74, 6) is 2.42. The lowest BCUT2D eigenvalue weighted by Crippen LogP contribution is -2.09. The Balaban J connectivity index is 2.60. The first kappa shape index (κ1) is 6.15. The number of cyclic esters (lactones) is 1. The van der Waals surface area contributed by atoms with Crippen molar-refractivity contribution in [3.8, 4) is 12.3 Å². The lowest BCUT2D eigenvalue weighted by molar-refractivity contribution is -0.139. The summed E-state index contributed by atoms with van der Waals surface area (Å²) < 4.78 is 4.75. The van der Waals surface area contributed by atoms with Crippen LogP contribution in [0.4, 0.5) is 0 Å². The molecule has 0 saturated carbocycles. The Labute approximate surface area is 54.2 Å². The van der Waals surface area contributed by atoms with E-state index in [-0.39, 0.29) is 18.0 Å². The van der Waals surface area contributed by atoms with Gasteiger partial charge in [0.05, 0.1) is 6.42 Å². The van der Waals surface area contributed by atoms with Gasteiger partial charge in [0.15, 0.2) is 6.10 Å². The largest absolute Gasteiger partial charge is 0.449 e. The summed E-state index contributed by atoms with van der Waals surface area (Å²) in [6, 6.07) is 0. The molecule has 0 aromatic heterocycles. The van der Waals surface area contributed by atoms with E-state index in [9.17, 15) is 4.79 Å². The van der Waals surface area contributed by atoms with Gasteiger partial charge in [-0.15, -0.1) is 6.42 Å². The molecule has 0 radical (unpaired) electrons. The quantitative estimate of drug-likeness (QED) is 0.348. The molecule has 0 aromatic rings. The zero-order valence-corrected chi connectivity index (χ0v) is 5.26. The van der Waals surface area contributed by atoms with Gasteiger partial charge in [-0.05, 0) is 0 Å². The Bertz CT molecular complexity index is 166. The summed E-state index contributed by atoms with van der Waals surface area (Å²) in [6.07, 6.45) is 5.25. The third-order valence-corrected chi connectivity index (χ3v) is 1.43. The second-order valence-electron chi connectivity index (χ2n) is 2.26. The lowest BCUT2D eigenvalue weighted by Gasteiger charge is -2.02. The molecule has 1 heterocycles. The molecule has 2 atom stereocenters. The van der Waals surface area contributed by atoms with Crippen molar-refractivity contribution in [3.63, 3.8) is 0 Å². The van der Waals surface area contributed by atoms with Gasteiger partial charge < -0.3 is 4.74 Å². The second-order valence-corrected chi connectivity index (χ2v) is 2.26. The Kier molecular flexibility index (Phi) is 1.44. The van der Waals surface area contributed by atoms with E-state index in [0.29, 0.717) is 6.42 Å². The molecule has 0 spiro atoms. The lowest BCUT2D eigenvalue weighted by atomic mass is 10.1. The number of carbonyl (C=O) groups excluding carboxylic acids is 1. The van der Waals surface area contributed by atoms with E-state index in [1.54, 1.807) is 0 Å². The van der Waals surface area contributed by atoms with Gasteiger partial charge in [-0.25, -0.2) is 0 Å². The van der Waals surface area contributed by atoms with Gasteiger partial charge in [0.25, 0.3) is 0 Å². The van der Waals surface area contributed by atoms with Crippen molar-refractivity contribution in [1.29, 1.82) is 0 Å². The second kappa shape index (κ2) is 2.10. The molecule has 0 aromatic carbocycles. The highest BCUT2D eigenvalue weighted by atomic mass is 16.5. The third kappa shape index (κ3) is 1.05. The summed E-state index contributed by atoms with van der Waals surface area (Å²) in [4.78, 5) is 10.5. The number of hydrogen-bond acceptors (Lipinski definition) is 2. The summed E-state index contributed by atoms with van der Waals surface area (Å²) >= 11 is 0. The maximum atomic E-state index is 10.5. The zero-order chi connectivity index (χ0) is 6.85. The Morgan fingerprint density at radius 2 is 2.56 bits per heavy atom. The topological polar surface area (TPSA) is 26.3 Å². The van der Waals surface area contributed by atoms with Crippen LogP contribution in [0.1, 0.15) is 13.3 Å². The maximum absolute atomic E-state index is 10.5. The van der Waals surface area contributed by atoms with Gasteiger partial charge in [0.1, 0.15) is 0 Å². The van der Waals surface area contributed by atoms with Crippen LogP contribution in [0.5, 0.6) is 0 Å². The summed E-state index contributed by atoms with van der Waals surface area (Å²) in [7, 11) is 0. The molecule has 0 N–H and O–H groups in total. The molecule has 0 amide bonds. The predicted octanol–water partition coefficient (Wildman–Crippen LogP) is 0.571. The summed E-state index contributed by atoms with van der Waals surface area (Å²) in [5, 5.41) is 0. The summed E-state index contributed by atoms with van der Waals surface area (Å²) in [6.45, 7) is 1.91. The highest BCUT2D eigenvalue weighted by molar-refractivity contribution is 5.72. The van der Waals surface area contributed by atoms with E-state index < -0.39 is 0 Å². The maximum Gasteiger partial charge on any atom is 0.307 e. The first-order valence-corrected chi connectivity index (χ1v) is 2.89. The van der Waals surface area contributed by atoms with Crippen LogP contribution in [-0.2, 0) is 9.53 Å². The van der Waals surface area contributed by atoms with Crippen LogP contribution in [-0.4, -0.2) is 12.1 Å².